The van der Waals surface area contributed by atoms with Gasteiger partial charge in [0.05, 0.1) is 12.2 Å². The second-order valence-corrected chi connectivity index (χ2v) is 6.49. The van der Waals surface area contributed by atoms with Gasteiger partial charge in [0.25, 0.3) is 5.91 Å². The number of benzene rings is 1. The quantitative estimate of drug-likeness (QED) is 0.745. The van der Waals surface area contributed by atoms with Gasteiger partial charge in [-0.3, -0.25) is 4.79 Å². The highest BCUT2D eigenvalue weighted by Gasteiger charge is 2.16. The summed E-state index contributed by atoms with van der Waals surface area (Å²) < 4.78 is 3.69. The summed E-state index contributed by atoms with van der Waals surface area (Å²) in [6, 6.07) is 5.77. The Morgan fingerprint density at radius 3 is 3.05 bits per heavy atom. The minimum absolute atomic E-state index is 0.201. The standard InChI is InChI=1S/C13H12BrN5OS/c1-19-6-17-18-10(19)5-16-13(20)12-11(15)8-3-2-7(14)4-9(8)21-12/h2-4,6H,5,15H2,1H3,(H,16,20). The molecule has 0 saturated heterocycles. The molecule has 8 heteroatoms. The maximum atomic E-state index is 12.3. The molecule has 0 saturated carbocycles. The van der Waals surface area contributed by atoms with Crippen LogP contribution in [0.5, 0.6) is 0 Å². The molecule has 0 spiro atoms. The zero-order chi connectivity index (χ0) is 15.0. The van der Waals surface area contributed by atoms with E-state index in [-0.39, 0.29) is 5.91 Å². The number of carbonyl (C=O) groups excluding carboxylic acids is 1. The normalized spacial score (nSPS) is 11.0. The van der Waals surface area contributed by atoms with Crippen molar-refractivity contribution >= 4 is 48.9 Å². The molecular formula is C13H12BrN5OS. The first-order chi connectivity index (χ1) is 10.1. The van der Waals surface area contributed by atoms with Crippen molar-refractivity contribution in [2.45, 2.75) is 6.54 Å². The molecule has 0 aliphatic carbocycles. The van der Waals surface area contributed by atoms with Gasteiger partial charge in [0, 0.05) is 21.6 Å². The van der Waals surface area contributed by atoms with Gasteiger partial charge in [-0.2, -0.15) is 0 Å². The summed E-state index contributed by atoms with van der Waals surface area (Å²) >= 11 is 4.79. The zero-order valence-electron chi connectivity index (χ0n) is 11.1. The molecule has 2 heterocycles. The first-order valence-electron chi connectivity index (χ1n) is 6.15. The van der Waals surface area contributed by atoms with E-state index in [2.05, 4.69) is 31.4 Å². The maximum absolute atomic E-state index is 12.3. The summed E-state index contributed by atoms with van der Waals surface area (Å²) in [6.07, 6.45) is 1.59. The van der Waals surface area contributed by atoms with Crippen molar-refractivity contribution in [2.75, 3.05) is 5.73 Å². The van der Waals surface area contributed by atoms with E-state index in [0.29, 0.717) is 22.9 Å². The number of thiophene rings is 1. The molecule has 0 aliphatic heterocycles. The van der Waals surface area contributed by atoms with E-state index in [1.165, 1.54) is 11.3 Å². The third-order valence-electron chi connectivity index (χ3n) is 3.11. The van der Waals surface area contributed by atoms with Gasteiger partial charge >= 0.3 is 0 Å². The Morgan fingerprint density at radius 2 is 2.33 bits per heavy atom. The summed E-state index contributed by atoms with van der Waals surface area (Å²) in [5.74, 6) is 0.485. The average molecular weight is 366 g/mol. The van der Waals surface area contributed by atoms with Crippen molar-refractivity contribution in [3.63, 3.8) is 0 Å². The van der Waals surface area contributed by atoms with E-state index in [4.69, 9.17) is 5.73 Å². The summed E-state index contributed by atoms with van der Waals surface area (Å²) in [7, 11) is 1.83. The number of rotatable bonds is 3. The largest absolute Gasteiger partial charge is 0.397 e. The molecule has 2 aromatic heterocycles. The predicted molar refractivity (Wildman–Crippen MR) is 86.1 cm³/mol. The Hall–Kier alpha value is -1.93. The van der Waals surface area contributed by atoms with Crippen LogP contribution in [0.2, 0.25) is 0 Å². The Balaban J connectivity index is 1.84. The topological polar surface area (TPSA) is 85.8 Å². The average Bonchev–Trinajstić information content (AvgIpc) is 3.00. The van der Waals surface area contributed by atoms with Crippen molar-refractivity contribution in [1.82, 2.24) is 20.1 Å². The Kier molecular flexibility index (Phi) is 3.64. The highest BCUT2D eigenvalue weighted by molar-refractivity contribution is 9.10. The fraction of sp³-hybridized carbons (Fsp3) is 0.154. The number of hydrogen-bond donors (Lipinski definition) is 2. The van der Waals surface area contributed by atoms with Crippen LogP contribution in [0.25, 0.3) is 10.1 Å². The number of nitrogens with one attached hydrogen (secondary N) is 1. The molecule has 21 heavy (non-hydrogen) atoms. The van der Waals surface area contributed by atoms with Crippen LogP contribution in [0.4, 0.5) is 5.69 Å². The number of hydrogen-bond acceptors (Lipinski definition) is 5. The Morgan fingerprint density at radius 1 is 1.52 bits per heavy atom. The van der Waals surface area contributed by atoms with Gasteiger partial charge in [-0.1, -0.05) is 22.0 Å². The van der Waals surface area contributed by atoms with Crippen molar-refractivity contribution in [1.29, 1.82) is 0 Å². The minimum atomic E-state index is -0.201. The monoisotopic (exact) mass is 365 g/mol. The van der Waals surface area contributed by atoms with Gasteiger partial charge in [-0.15, -0.1) is 21.5 Å². The van der Waals surface area contributed by atoms with Gasteiger partial charge in [0.15, 0.2) is 5.82 Å². The van der Waals surface area contributed by atoms with Crippen LogP contribution >= 0.6 is 27.3 Å². The lowest BCUT2D eigenvalue weighted by molar-refractivity contribution is 0.0954. The molecule has 0 aliphatic rings. The molecule has 1 aromatic carbocycles. The summed E-state index contributed by atoms with van der Waals surface area (Å²) in [5.41, 5.74) is 6.58. The lowest BCUT2D eigenvalue weighted by Crippen LogP contribution is -2.24. The van der Waals surface area contributed by atoms with Crippen LogP contribution < -0.4 is 11.1 Å². The van der Waals surface area contributed by atoms with Gasteiger partial charge < -0.3 is 15.6 Å². The number of amides is 1. The highest BCUT2D eigenvalue weighted by atomic mass is 79.9. The molecule has 108 valence electrons. The van der Waals surface area contributed by atoms with E-state index in [1.54, 1.807) is 10.9 Å². The van der Waals surface area contributed by atoms with Gasteiger partial charge in [0.1, 0.15) is 11.2 Å². The van der Waals surface area contributed by atoms with Gasteiger partial charge in [-0.25, -0.2) is 0 Å². The Labute approximate surface area is 133 Å². The van der Waals surface area contributed by atoms with E-state index in [9.17, 15) is 4.79 Å². The molecule has 0 unspecified atom stereocenters. The molecule has 3 N–H and O–H groups in total. The first kappa shape index (κ1) is 14.0. The molecule has 1 amide bonds. The summed E-state index contributed by atoms with van der Waals surface area (Å²) in [4.78, 5) is 12.8. The highest BCUT2D eigenvalue weighted by Crippen LogP contribution is 2.35. The van der Waals surface area contributed by atoms with Crippen molar-refractivity contribution in [3.05, 3.63) is 39.7 Å². The van der Waals surface area contributed by atoms with Crippen LogP contribution in [0, 0.1) is 0 Å². The van der Waals surface area contributed by atoms with Crippen molar-refractivity contribution < 1.29 is 4.79 Å². The predicted octanol–water partition coefficient (Wildman–Crippen LogP) is 2.30. The number of anilines is 1. The first-order valence-corrected chi connectivity index (χ1v) is 7.76. The molecule has 3 aromatic rings. The molecule has 0 atom stereocenters. The number of nitrogens with two attached hydrogens (primary N) is 1. The molecular weight excluding hydrogens is 354 g/mol. The zero-order valence-corrected chi connectivity index (χ0v) is 13.5. The second kappa shape index (κ2) is 5.45. The molecule has 6 nitrogen and oxygen atoms in total. The number of carbonyl (C=O) groups is 1. The number of nitrogen functional groups attached to an aromatic ring is 1. The molecule has 0 bridgehead atoms. The number of aryl methyl sites for hydroxylation is 1. The van der Waals surface area contributed by atoms with Crippen LogP contribution in [-0.2, 0) is 13.6 Å². The lowest BCUT2D eigenvalue weighted by Gasteiger charge is -2.03. The second-order valence-electron chi connectivity index (χ2n) is 4.53. The van der Waals surface area contributed by atoms with Crippen LogP contribution in [-0.4, -0.2) is 20.7 Å². The van der Waals surface area contributed by atoms with Gasteiger partial charge in [-0.05, 0) is 12.1 Å². The van der Waals surface area contributed by atoms with Gasteiger partial charge in [0.2, 0.25) is 0 Å². The van der Waals surface area contributed by atoms with Crippen molar-refractivity contribution in [2.24, 2.45) is 7.05 Å². The van der Waals surface area contributed by atoms with Crippen LogP contribution in [0.15, 0.2) is 29.0 Å². The van der Waals surface area contributed by atoms with Crippen LogP contribution in [0.3, 0.4) is 0 Å². The van der Waals surface area contributed by atoms with Crippen LogP contribution in [0.1, 0.15) is 15.5 Å². The fourth-order valence-electron chi connectivity index (χ4n) is 1.97. The molecule has 0 radical (unpaired) electrons. The maximum Gasteiger partial charge on any atom is 0.263 e. The fourth-order valence-corrected chi connectivity index (χ4v) is 3.56. The number of halogens is 1. The Bertz CT molecular complexity index is 825. The SMILES string of the molecule is Cn1cnnc1CNC(=O)c1sc2cc(Br)ccc2c1N. The summed E-state index contributed by atoms with van der Waals surface area (Å²) in [5, 5.41) is 11.4. The smallest absolute Gasteiger partial charge is 0.263 e. The van der Waals surface area contributed by atoms with E-state index < -0.39 is 0 Å². The van der Waals surface area contributed by atoms with E-state index >= 15 is 0 Å². The van der Waals surface area contributed by atoms with Crippen molar-refractivity contribution in [3.8, 4) is 0 Å². The third kappa shape index (κ3) is 2.64. The minimum Gasteiger partial charge on any atom is -0.397 e. The summed E-state index contributed by atoms with van der Waals surface area (Å²) in [6.45, 7) is 0.312. The third-order valence-corrected chi connectivity index (χ3v) is 4.77. The molecule has 0 fully saturated rings. The number of fused-ring (bicyclic) bond motifs is 1. The van der Waals surface area contributed by atoms with E-state index in [1.807, 2.05) is 25.2 Å². The number of aromatic nitrogens is 3. The van der Waals surface area contributed by atoms with E-state index in [0.717, 1.165) is 14.6 Å². The lowest BCUT2D eigenvalue weighted by atomic mass is 10.2. The number of nitrogens with zero attached hydrogens (tertiary/aromatic N) is 3. The molecule has 3 rings (SSSR count).